The van der Waals surface area contributed by atoms with Crippen LogP contribution < -0.4 is 0 Å². The van der Waals surface area contributed by atoms with Crippen molar-refractivity contribution >= 4 is 11.7 Å². The first-order valence-electron chi connectivity index (χ1n) is 5.15. The van der Waals surface area contributed by atoms with E-state index in [4.69, 9.17) is 4.74 Å². The molecule has 0 spiro atoms. The van der Waals surface area contributed by atoms with Gasteiger partial charge in [-0.05, 0) is 6.92 Å². The lowest BCUT2D eigenvalue weighted by Gasteiger charge is -2.29. The first-order valence-corrected chi connectivity index (χ1v) is 5.15. The molecular formula is C10H12FNO5. The minimum absolute atomic E-state index is 0.598. The number of ketones is 1. The molecule has 0 aromatic heterocycles. The first-order chi connectivity index (χ1) is 7.91. The van der Waals surface area contributed by atoms with Crippen molar-refractivity contribution in [2.24, 2.45) is 0 Å². The van der Waals surface area contributed by atoms with E-state index in [0.717, 1.165) is 4.90 Å². The normalized spacial score (nSPS) is 38.6. The van der Waals surface area contributed by atoms with Crippen molar-refractivity contribution in [3.05, 3.63) is 12.0 Å². The van der Waals surface area contributed by atoms with Gasteiger partial charge in [0.05, 0.1) is 12.5 Å². The van der Waals surface area contributed by atoms with E-state index in [1.54, 1.807) is 0 Å². The minimum Gasteiger partial charge on any atom is -0.388 e. The fourth-order valence-corrected chi connectivity index (χ4v) is 1.85. The van der Waals surface area contributed by atoms with Crippen LogP contribution in [0.4, 0.5) is 4.39 Å². The highest BCUT2D eigenvalue weighted by Gasteiger charge is 2.45. The Labute approximate surface area is 96.3 Å². The summed E-state index contributed by atoms with van der Waals surface area (Å²) in [5, 5.41) is 19.1. The van der Waals surface area contributed by atoms with Gasteiger partial charge in [0.1, 0.15) is 12.2 Å². The zero-order valence-corrected chi connectivity index (χ0v) is 9.04. The number of aliphatic hydroxyl groups excluding tert-OH is 2. The summed E-state index contributed by atoms with van der Waals surface area (Å²) in [4.78, 5) is 23.3. The molecule has 1 saturated heterocycles. The molecule has 0 aromatic rings. The van der Waals surface area contributed by atoms with Crippen LogP contribution in [0.1, 0.15) is 13.3 Å². The molecule has 0 bridgehead atoms. The fourth-order valence-electron chi connectivity index (χ4n) is 1.85. The van der Waals surface area contributed by atoms with Crippen LogP contribution in [0.15, 0.2) is 12.0 Å². The molecule has 1 amide bonds. The molecule has 2 rings (SSSR count). The largest absolute Gasteiger partial charge is 0.388 e. The lowest BCUT2D eigenvalue weighted by atomic mass is 10.1. The number of hydrogen-bond donors (Lipinski definition) is 2. The minimum atomic E-state index is -1.33. The molecule has 0 unspecified atom stereocenters. The molecule has 6 nitrogen and oxygen atoms in total. The Hall–Kier alpha value is -1.31. The Morgan fingerprint density at radius 2 is 2.06 bits per heavy atom. The molecule has 2 aliphatic rings. The molecule has 0 aliphatic carbocycles. The van der Waals surface area contributed by atoms with E-state index >= 15 is 0 Å². The monoisotopic (exact) mass is 245 g/mol. The number of halogens is 1. The quantitative estimate of drug-likeness (QED) is 0.582. The molecular weight excluding hydrogens is 233 g/mol. The van der Waals surface area contributed by atoms with Crippen molar-refractivity contribution in [1.29, 1.82) is 0 Å². The van der Waals surface area contributed by atoms with Crippen LogP contribution in [0.3, 0.4) is 0 Å². The third kappa shape index (κ3) is 1.97. The van der Waals surface area contributed by atoms with Crippen LogP contribution in [0.5, 0.6) is 0 Å². The van der Waals surface area contributed by atoms with Crippen molar-refractivity contribution in [1.82, 2.24) is 4.90 Å². The Morgan fingerprint density at radius 1 is 1.41 bits per heavy atom. The maximum absolute atomic E-state index is 13.1. The third-order valence-electron chi connectivity index (χ3n) is 2.87. The lowest BCUT2D eigenvalue weighted by molar-refractivity contribution is -0.148. The van der Waals surface area contributed by atoms with Crippen molar-refractivity contribution in [3.8, 4) is 0 Å². The van der Waals surface area contributed by atoms with Gasteiger partial charge in [-0.25, -0.2) is 4.39 Å². The zero-order valence-electron chi connectivity index (χ0n) is 9.04. The Kier molecular flexibility index (Phi) is 2.98. The van der Waals surface area contributed by atoms with Gasteiger partial charge >= 0.3 is 0 Å². The second-order valence-electron chi connectivity index (χ2n) is 4.09. The molecule has 2 aliphatic heterocycles. The summed E-state index contributed by atoms with van der Waals surface area (Å²) in [6, 6.07) is 0. The van der Waals surface area contributed by atoms with Crippen molar-refractivity contribution < 1.29 is 28.9 Å². The van der Waals surface area contributed by atoms with Crippen LogP contribution >= 0.6 is 0 Å². The van der Waals surface area contributed by atoms with Crippen molar-refractivity contribution in [3.63, 3.8) is 0 Å². The summed E-state index contributed by atoms with van der Waals surface area (Å²) < 4.78 is 18.3. The average molecular weight is 245 g/mol. The molecule has 4 atom stereocenters. The van der Waals surface area contributed by atoms with Crippen LogP contribution in [0.25, 0.3) is 0 Å². The highest BCUT2D eigenvalue weighted by Crippen LogP contribution is 2.27. The highest BCUT2D eigenvalue weighted by molar-refractivity contribution is 6.08. The topological polar surface area (TPSA) is 87.1 Å². The fraction of sp³-hybridized carbons (Fsp3) is 0.600. The predicted molar refractivity (Wildman–Crippen MR) is 52.0 cm³/mol. The van der Waals surface area contributed by atoms with E-state index < -0.39 is 48.5 Å². The molecule has 7 heteroatoms. The van der Waals surface area contributed by atoms with Crippen molar-refractivity contribution in [2.75, 3.05) is 0 Å². The molecule has 0 radical (unpaired) electrons. The summed E-state index contributed by atoms with van der Waals surface area (Å²) in [6.45, 7) is 1.52. The van der Waals surface area contributed by atoms with Crippen molar-refractivity contribution in [2.45, 2.75) is 37.9 Å². The highest BCUT2D eigenvalue weighted by atomic mass is 19.1. The van der Waals surface area contributed by atoms with Gasteiger partial charge in [-0.1, -0.05) is 0 Å². The molecule has 17 heavy (non-hydrogen) atoms. The molecule has 0 saturated carbocycles. The average Bonchev–Trinajstić information content (AvgIpc) is 2.51. The number of amides is 1. The van der Waals surface area contributed by atoms with Crippen LogP contribution in [-0.4, -0.2) is 51.3 Å². The second kappa shape index (κ2) is 4.17. The number of carbonyl (C=O) groups is 2. The van der Waals surface area contributed by atoms with Gasteiger partial charge in [0.25, 0.3) is 0 Å². The van der Waals surface area contributed by atoms with E-state index in [1.807, 2.05) is 0 Å². The summed E-state index contributed by atoms with van der Waals surface area (Å²) in [6.07, 6.45) is -4.21. The zero-order chi connectivity index (χ0) is 12.7. The molecule has 2 heterocycles. The second-order valence-corrected chi connectivity index (χ2v) is 4.09. The number of Topliss-reactive ketones (excluding diaryl/α,β-unsaturated/α-hetero) is 1. The van der Waals surface area contributed by atoms with E-state index in [9.17, 15) is 24.2 Å². The molecule has 94 valence electrons. The molecule has 1 fully saturated rings. The number of carbonyl (C=O) groups excluding carboxylic acids is 2. The predicted octanol–water partition coefficient (Wildman–Crippen LogP) is -0.935. The van der Waals surface area contributed by atoms with Gasteiger partial charge in [-0.2, -0.15) is 0 Å². The van der Waals surface area contributed by atoms with Gasteiger partial charge in [0.2, 0.25) is 11.7 Å². The van der Waals surface area contributed by atoms with Gasteiger partial charge in [-0.3, -0.25) is 14.5 Å². The van der Waals surface area contributed by atoms with E-state index in [2.05, 4.69) is 0 Å². The summed E-state index contributed by atoms with van der Waals surface area (Å²) in [5.74, 6) is -2.62. The summed E-state index contributed by atoms with van der Waals surface area (Å²) in [7, 11) is 0. The van der Waals surface area contributed by atoms with Gasteiger partial charge < -0.3 is 14.9 Å². The van der Waals surface area contributed by atoms with E-state index in [-0.39, 0.29) is 0 Å². The van der Waals surface area contributed by atoms with Crippen LogP contribution in [0.2, 0.25) is 0 Å². The molecule has 0 aromatic carbocycles. The van der Waals surface area contributed by atoms with Crippen LogP contribution in [0, 0.1) is 0 Å². The standard InChI is InChI=1S/C10H12FNO5/c1-4-8(15)9(16)10(17-4)12-3-5(11)6(13)2-7(12)14/h3-4,8-10,15-16H,2H2,1H3/t4-,8-,9-,10-/m1/s1. The summed E-state index contributed by atoms with van der Waals surface area (Å²) >= 11 is 0. The van der Waals surface area contributed by atoms with Gasteiger partial charge in [-0.15, -0.1) is 0 Å². The van der Waals surface area contributed by atoms with Gasteiger partial charge in [0, 0.05) is 6.20 Å². The van der Waals surface area contributed by atoms with Gasteiger partial charge in [0.15, 0.2) is 12.1 Å². The maximum Gasteiger partial charge on any atom is 0.236 e. The summed E-state index contributed by atoms with van der Waals surface area (Å²) in [5.41, 5.74) is 0. The third-order valence-corrected chi connectivity index (χ3v) is 2.87. The number of allylic oxidation sites excluding steroid dienone is 1. The number of rotatable bonds is 1. The Morgan fingerprint density at radius 3 is 2.59 bits per heavy atom. The Bertz CT molecular complexity index is 396. The first kappa shape index (κ1) is 12.2. The van der Waals surface area contributed by atoms with E-state index in [0.29, 0.717) is 6.20 Å². The number of ether oxygens (including phenoxy) is 1. The lowest BCUT2D eigenvalue weighted by Crippen LogP contribution is -2.46. The maximum atomic E-state index is 13.1. The SMILES string of the molecule is C[C@H]1O[C@@H](N2C=C(F)C(=O)CC2=O)[C@H](O)[C@@H]1O. The molecule has 2 N–H and O–H groups in total. The van der Waals surface area contributed by atoms with Crippen LogP contribution in [-0.2, 0) is 14.3 Å². The number of aliphatic hydroxyl groups is 2. The number of nitrogens with zero attached hydrogens (tertiary/aromatic N) is 1. The Balaban J connectivity index is 2.23. The number of hydrogen-bond acceptors (Lipinski definition) is 5. The smallest absolute Gasteiger partial charge is 0.236 e. The van der Waals surface area contributed by atoms with E-state index in [1.165, 1.54) is 6.92 Å².